The number of aryl methyl sites for hydroxylation is 1. The lowest BCUT2D eigenvalue weighted by Crippen LogP contribution is -2.43. The van der Waals surface area contributed by atoms with Crippen LogP contribution in [0.4, 0.5) is 5.95 Å². The van der Waals surface area contributed by atoms with E-state index in [0.717, 1.165) is 63.9 Å². The molecule has 144 valence electrons. The fourth-order valence-electron chi connectivity index (χ4n) is 3.34. The van der Waals surface area contributed by atoms with Crippen LogP contribution in [0.3, 0.4) is 0 Å². The highest BCUT2D eigenvalue weighted by atomic mass is 35.5. The average Bonchev–Trinajstić information content (AvgIpc) is 2.93. The summed E-state index contributed by atoms with van der Waals surface area (Å²) in [7, 11) is 0. The number of benzene rings is 1. The van der Waals surface area contributed by atoms with Gasteiger partial charge in [-0.05, 0) is 18.6 Å². The molecule has 0 amide bonds. The van der Waals surface area contributed by atoms with Crippen LogP contribution < -0.4 is 4.90 Å². The van der Waals surface area contributed by atoms with Crippen molar-refractivity contribution < 1.29 is 15.7 Å². The van der Waals surface area contributed by atoms with Crippen LogP contribution in [0, 0.1) is 0 Å². The number of aromatic nitrogens is 2. The predicted octanol–water partition coefficient (Wildman–Crippen LogP) is 0.773. The Morgan fingerprint density at radius 1 is 0.920 bits per heavy atom. The summed E-state index contributed by atoms with van der Waals surface area (Å²) in [5.74, 6) is 1.15. The van der Waals surface area contributed by atoms with E-state index in [1.165, 1.54) is 11.9 Å². The van der Waals surface area contributed by atoms with Gasteiger partial charge < -0.3 is 25.2 Å². The van der Waals surface area contributed by atoms with Gasteiger partial charge in [-0.25, -0.2) is 4.98 Å². The predicted molar refractivity (Wildman–Crippen MR) is 106 cm³/mol. The molecule has 1 saturated heterocycles. The van der Waals surface area contributed by atoms with E-state index in [-0.39, 0.29) is 35.8 Å². The molecule has 0 aliphatic carbocycles. The second-order valence-electron chi connectivity index (χ2n) is 5.85. The van der Waals surface area contributed by atoms with Gasteiger partial charge in [-0.3, -0.25) is 4.90 Å². The molecule has 25 heavy (non-hydrogen) atoms. The summed E-state index contributed by atoms with van der Waals surface area (Å²) < 4.78 is 7.79. The summed E-state index contributed by atoms with van der Waals surface area (Å²) in [5, 5.41) is 0. The number of nitrogens with zero attached hydrogens (tertiary/aromatic N) is 4. The van der Waals surface area contributed by atoms with Gasteiger partial charge in [-0.1, -0.05) is 12.1 Å². The normalized spacial score (nSPS) is 16.7. The van der Waals surface area contributed by atoms with Gasteiger partial charge in [0.1, 0.15) is 0 Å². The van der Waals surface area contributed by atoms with Gasteiger partial charge >= 0.3 is 0 Å². The number of para-hydroxylation sites is 2. The number of halogens is 2. The molecule has 0 spiro atoms. The number of morpholine rings is 1. The zero-order chi connectivity index (χ0) is 14.1. The summed E-state index contributed by atoms with van der Waals surface area (Å²) in [6.07, 6.45) is 1.20. The second-order valence-corrected chi connectivity index (χ2v) is 5.85. The van der Waals surface area contributed by atoms with E-state index in [9.17, 15) is 0 Å². The first-order chi connectivity index (χ1) is 10.4. The molecule has 0 unspecified atom stereocenters. The highest BCUT2D eigenvalue weighted by Gasteiger charge is 2.21. The molecule has 1 fully saturated rings. The van der Waals surface area contributed by atoms with Crippen LogP contribution in [0.1, 0.15) is 6.42 Å². The van der Waals surface area contributed by atoms with Crippen molar-refractivity contribution in [3.63, 3.8) is 0 Å². The average molecular weight is 395 g/mol. The topological polar surface area (TPSA) is 96.5 Å². The number of ether oxygens (including phenoxy) is 1. The van der Waals surface area contributed by atoms with Gasteiger partial charge in [0.2, 0.25) is 5.95 Å². The van der Waals surface area contributed by atoms with Gasteiger partial charge in [-0.15, -0.1) is 24.8 Å². The molecule has 7 nitrogen and oxygen atoms in total. The van der Waals surface area contributed by atoms with Crippen LogP contribution >= 0.6 is 24.8 Å². The van der Waals surface area contributed by atoms with E-state index >= 15 is 0 Å². The van der Waals surface area contributed by atoms with Gasteiger partial charge in [0.05, 0.1) is 24.2 Å². The molecule has 0 radical (unpaired) electrons. The first-order valence-corrected chi connectivity index (χ1v) is 7.92. The third kappa shape index (κ3) is 4.97. The van der Waals surface area contributed by atoms with Crippen molar-refractivity contribution in [3.8, 4) is 0 Å². The number of hydrogen-bond donors (Lipinski definition) is 0. The Bertz CT molecular complexity index is 635. The second kappa shape index (κ2) is 10.8. The lowest BCUT2D eigenvalue weighted by atomic mass is 10.3. The molecule has 4 rings (SSSR count). The zero-order valence-corrected chi connectivity index (χ0v) is 15.8. The summed E-state index contributed by atoms with van der Waals surface area (Å²) in [4.78, 5) is 9.78. The maximum atomic E-state index is 5.42. The van der Waals surface area contributed by atoms with Crippen molar-refractivity contribution in [2.24, 2.45) is 0 Å². The van der Waals surface area contributed by atoms with Crippen molar-refractivity contribution in [2.75, 3.05) is 50.8 Å². The summed E-state index contributed by atoms with van der Waals surface area (Å²) in [6.45, 7) is 8.24. The van der Waals surface area contributed by atoms with E-state index < -0.39 is 0 Å². The fourth-order valence-corrected chi connectivity index (χ4v) is 3.34. The lowest BCUT2D eigenvalue weighted by Gasteiger charge is -2.33. The minimum Gasteiger partial charge on any atom is -0.412 e. The third-order valence-electron chi connectivity index (χ3n) is 4.52. The molecule has 0 saturated carbocycles. The molecule has 9 heteroatoms. The standard InChI is InChI=1S/C16H22N4O.2ClH.2H2O/c1-2-5-15-14(4-1)17-16-19(6-3-7-20(15)16)9-8-18-10-12-21-13-11-18;;;;/h1-2,4-5H,3,6-13H2;2*1H;2*1H2. The maximum absolute atomic E-state index is 5.42. The number of anilines is 1. The van der Waals surface area contributed by atoms with Crippen molar-refractivity contribution >= 4 is 41.8 Å². The molecule has 1 aromatic carbocycles. The minimum atomic E-state index is 0. The van der Waals surface area contributed by atoms with Gasteiger partial charge in [0, 0.05) is 39.3 Å². The van der Waals surface area contributed by atoms with Crippen LogP contribution in [0.25, 0.3) is 11.0 Å². The lowest BCUT2D eigenvalue weighted by molar-refractivity contribution is 0.0391. The van der Waals surface area contributed by atoms with Gasteiger partial charge in [0.25, 0.3) is 0 Å². The van der Waals surface area contributed by atoms with E-state index in [1.54, 1.807) is 0 Å². The number of hydrogen-bond acceptors (Lipinski definition) is 4. The highest BCUT2D eigenvalue weighted by molar-refractivity contribution is 5.85. The molecule has 4 N–H and O–H groups in total. The minimum absolute atomic E-state index is 0. The Hall–Kier alpha value is -1.09. The SMILES string of the molecule is Cl.Cl.O.O.c1ccc2c(c1)nc1n2CCCN1CCN1CCOCC1. The van der Waals surface area contributed by atoms with Crippen molar-refractivity contribution in [3.05, 3.63) is 24.3 Å². The van der Waals surface area contributed by atoms with Crippen LogP contribution in [-0.4, -0.2) is 71.3 Å². The monoisotopic (exact) mass is 394 g/mol. The largest absolute Gasteiger partial charge is 0.412 e. The quantitative estimate of drug-likeness (QED) is 0.767. The molecule has 2 aliphatic heterocycles. The summed E-state index contributed by atoms with van der Waals surface area (Å²) in [5.41, 5.74) is 2.38. The fraction of sp³-hybridized carbons (Fsp3) is 0.562. The molecule has 2 aromatic rings. The Morgan fingerprint density at radius 2 is 1.64 bits per heavy atom. The van der Waals surface area contributed by atoms with Crippen LogP contribution in [0.5, 0.6) is 0 Å². The Morgan fingerprint density at radius 3 is 2.40 bits per heavy atom. The third-order valence-corrected chi connectivity index (χ3v) is 4.52. The van der Waals surface area contributed by atoms with Gasteiger partial charge in [0.15, 0.2) is 0 Å². The Kier molecular flexibility index (Phi) is 10.3. The molecule has 2 aliphatic rings. The number of imidazole rings is 1. The van der Waals surface area contributed by atoms with Gasteiger partial charge in [-0.2, -0.15) is 0 Å². The summed E-state index contributed by atoms with van der Waals surface area (Å²) >= 11 is 0. The number of fused-ring (bicyclic) bond motifs is 3. The van der Waals surface area contributed by atoms with Crippen molar-refractivity contribution in [1.82, 2.24) is 14.5 Å². The van der Waals surface area contributed by atoms with E-state index in [2.05, 4.69) is 38.6 Å². The van der Waals surface area contributed by atoms with E-state index in [4.69, 9.17) is 9.72 Å². The van der Waals surface area contributed by atoms with Crippen LogP contribution in [-0.2, 0) is 11.3 Å². The molecular weight excluding hydrogens is 367 g/mol. The molecule has 1 aromatic heterocycles. The highest BCUT2D eigenvalue weighted by Crippen LogP contribution is 2.26. The molecule has 3 heterocycles. The Balaban J connectivity index is 0.00000144. The zero-order valence-electron chi connectivity index (χ0n) is 14.2. The van der Waals surface area contributed by atoms with E-state index in [1.807, 2.05) is 0 Å². The van der Waals surface area contributed by atoms with Crippen molar-refractivity contribution in [2.45, 2.75) is 13.0 Å². The molecule has 0 atom stereocenters. The first kappa shape index (κ1) is 23.9. The van der Waals surface area contributed by atoms with Crippen molar-refractivity contribution in [1.29, 1.82) is 0 Å². The summed E-state index contributed by atoms with van der Waals surface area (Å²) in [6, 6.07) is 8.46. The number of rotatable bonds is 3. The Labute approximate surface area is 160 Å². The van der Waals surface area contributed by atoms with Crippen LogP contribution in [0.2, 0.25) is 0 Å². The van der Waals surface area contributed by atoms with E-state index in [0.29, 0.717) is 0 Å². The smallest absolute Gasteiger partial charge is 0.206 e. The van der Waals surface area contributed by atoms with Crippen LogP contribution in [0.15, 0.2) is 24.3 Å². The molecular formula is C16H28Cl2N4O3. The maximum Gasteiger partial charge on any atom is 0.206 e. The molecule has 0 bridgehead atoms. The first-order valence-electron chi connectivity index (χ1n) is 7.92.